The van der Waals surface area contributed by atoms with E-state index in [2.05, 4.69) is 19.2 Å². The number of nitrogens with two attached hydrogens (primary N) is 1. The molecule has 21 heavy (non-hydrogen) atoms. The van der Waals surface area contributed by atoms with Crippen LogP contribution in [0.1, 0.15) is 71.6 Å². The topological polar surface area (TPSA) is 92.4 Å². The van der Waals surface area contributed by atoms with E-state index in [9.17, 15) is 9.59 Å². The van der Waals surface area contributed by atoms with Crippen molar-refractivity contribution in [3.8, 4) is 0 Å². The Labute approximate surface area is 127 Å². The smallest absolute Gasteiger partial charge is 0.305 e. The van der Waals surface area contributed by atoms with Crippen LogP contribution in [0.25, 0.3) is 0 Å². The maximum Gasteiger partial charge on any atom is 0.305 e. The highest BCUT2D eigenvalue weighted by atomic mass is 16.4. The standard InChI is InChI=1S/C16H30N2O3/c1-15(2,10-11-17)9-6-13(19)18-16(12-14(20)21)7-4-3-5-8-16/h3-12,17H2,1-2H3,(H,18,19)(H,20,21). The van der Waals surface area contributed by atoms with E-state index in [1.807, 2.05) is 0 Å². The van der Waals surface area contributed by atoms with E-state index in [4.69, 9.17) is 10.8 Å². The normalized spacial score (nSPS) is 18.2. The molecule has 0 bridgehead atoms. The van der Waals surface area contributed by atoms with Crippen LogP contribution < -0.4 is 11.1 Å². The zero-order valence-corrected chi connectivity index (χ0v) is 13.4. The summed E-state index contributed by atoms with van der Waals surface area (Å²) in [4.78, 5) is 23.3. The summed E-state index contributed by atoms with van der Waals surface area (Å²) in [7, 11) is 0. The van der Waals surface area contributed by atoms with Gasteiger partial charge in [-0.3, -0.25) is 9.59 Å². The second-order valence-electron chi connectivity index (χ2n) is 7.16. The third-order valence-corrected chi connectivity index (χ3v) is 4.55. The van der Waals surface area contributed by atoms with Crippen molar-refractivity contribution in [1.29, 1.82) is 0 Å². The number of hydrogen-bond donors (Lipinski definition) is 3. The SMILES string of the molecule is CC(C)(CCN)CCC(=O)NC1(CC(=O)O)CCCCC1. The first-order chi connectivity index (χ1) is 9.79. The van der Waals surface area contributed by atoms with E-state index in [1.54, 1.807) is 0 Å². The highest BCUT2D eigenvalue weighted by Crippen LogP contribution is 2.32. The summed E-state index contributed by atoms with van der Waals surface area (Å²) in [5.41, 5.74) is 5.11. The lowest BCUT2D eigenvalue weighted by atomic mass is 9.78. The Morgan fingerprint density at radius 3 is 2.33 bits per heavy atom. The Balaban J connectivity index is 2.54. The molecular weight excluding hydrogens is 268 g/mol. The van der Waals surface area contributed by atoms with Crippen LogP contribution in [-0.4, -0.2) is 29.1 Å². The van der Waals surface area contributed by atoms with Crippen LogP contribution in [0.15, 0.2) is 0 Å². The van der Waals surface area contributed by atoms with Crippen LogP contribution in [0.3, 0.4) is 0 Å². The molecular formula is C16H30N2O3. The number of aliphatic carboxylic acids is 1. The maximum atomic E-state index is 12.2. The van der Waals surface area contributed by atoms with Crippen LogP contribution in [0.2, 0.25) is 0 Å². The van der Waals surface area contributed by atoms with Crippen LogP contribution in [0.5, 0.6) is 0 Å². The van der Waals surface area contributed by atoms with E-state index in [1.165, 1.54) is 0 Å². The van der Waals surface area contributed by atoms with Crippen LogP contribution >= 0.6 is 0 Å². The number of hydrogen-bond acceptors (Lipinski definition) is 3. The Morgan fingerprint density at radius 2 is 1.81 bits per heavy atom. The van der Waals surface area contributed by atoms with Gasteiger partial charge in [0.1, 0.15) is 0 Å². The molecule has 1 amide bonds. The molecule has 0 aromatic heterocycles. The summed E-state index contributed by atoms with van der Waals surface area (Å²) in [6.45, 7) is 4.85. The highest BCUT2D eigenvalue weighted by molar-refractivity contribution is 5.78. The van der Waals surface area contributed by atoms with Crippen LogP contribution in [0, 0.1) is 5.41 Å². The van der Waals surface area contributed by atoms with Crippen molar-refractivity contribution >= 4 is 11.9 Å². The Hall–Kier alpha value is -1.10. The van der Waals surface area contributed by atoms with Gasteiger partial charge in [0, 0.05) is 6.42 Å². The van der Waals surface area contributed by atoms with Gasteiger partial charge in [-0.05, 0) is 37.6 Å². The molecule has 1 fully saturated rings. The molecule has 5 heteroatoms. The van der Waals surface area contributed by atoms with Gasteiger partial charge in [-0.2, -0.15) is 0 Å². The summed E-state index contributed by atoms with van der Waals surface area (Å²) >= 11 is 0. The molecule has 122 valence electrons. The Kier molecular flexibility index (Phi) is 6.65. The second kappa shape index (κ2) is 7.78. The van der Waals surface area contributed by atoms with Crippen molar-refractivity contribution in [1.82, 2.24) is 5.32 Å². The van der Waals surface area contributed by atoms with E-state index in [0.29, 0.717) is 13.0 Å². The molecule has 1 aliphatic rings. The minimum absolute atomic E-state index is 0.0248. The summed E-state index contributed by atoms with van der Waals surface area (Å²) in [5, 5.41) is 12.1. The highest BCUT2D eigenvalue weighted by Gasteiger charge is 2.35. The molecule has 0 spiro atoms. The molecule has 0 aliphatic heterocycles. The average molecular weight is 298 g/mol. The van der Waals surface area contributed by atoms with E-state index in [-0.39, 0.29) is 17.7 Å². The molecule has 0 radical (unpaired) electrons. The third kappa shape index (κ3) is 6.46. The first kappa shape index (κ1) is 18.0. The predicted molar refractivity (Wildman–Crippen MR) is 82.9 cm³/mol. The molecule has 1 saturated carbocycles. The molecule has 0 unspecified atom stereocenters. The molecule has 1 aliphatic carbocycles. The Morgan fingerprint density at radius 1 is 1.19 bits per heavy atom. The van der Waals surface area contributed by atoms with Gasteiger partial charge in [0.15, 0.2) is 0 Å². The lowest BCUT2D eigenvalue weighted by Gasteiger charge is -2.37. The number of carbonyl (C=O) groups excluding carboxylic acids is 1. The lowest BCUT2D eigenvalue weighted by molar-refractivity contribution is -0.139. The van der Waals surface area contributed by atoms with Crippen molar-refractivity contribution < 1.29 is 14.7 Å². The van der Waals surface area contributed by atoms with Gasteiger partial charge in [0.25, 0.3) is 0 Å². The zero-order valence-electron chi connectivity index (χ0n) is 13.4. The first-order valence-electron chi connectivity index (χ1n) is 8.01. The summed E-state index contributed by atoms with van der Waals surface area (Å²) in [6.07, 6.45) is 6.80. The average Bonchev–Trinajstić information content (AvgIpc) is 2.36. The monoisotopic (exact) mass is 298 g/mol. The van der Waals surface area contributed by atoms with Crippen molar-refractivity contribution in [2.75, 3.05) is 6.54 Å². The second-order valence-corrected chi connectivity index (χ2v) is 7.16. The van der Waals surface area contributed by atoms with Gasteiger partial charge in [0.05, 0.1) is 12.0 Å². The lowest BCUT2D eigenvalue weighted by Crippen LogP contribution is -2.51. The number of carboxylic acid groups (broad SMARTS) is 1. The molecule has 4 N–H and O–H groups in total. The number of carbonyl (C=O) groups is 2. The molecule has 0 aromatic carbocycles. The fourth-order valence-corrected chi connectivity index (χ4v) is 3.19. The zero-order chi connectivity index (χ0) is 15.9. The van der Waals surface area contributed by atoms with Gasteiger partial charge in [-0.15, -0.1) is 0 Å². The van der Waals surface area contributed by atoms with Crippen molar-refractivity contribution in [2.45, 2.75) is 77.2 Å². The molecule has 0 aromatic rings. The molecule has 0 saturated heterocycles. The number of nitrogens with one attached hydrogen (secondary N) is 1. The fourth-order valence-electron chi connectivity index (χ4n) is 3.19. The van der Waals surface area contributed by atoms with E-state index in [0.717, 1.165) is 44.9 Å². The Bertz CT molecular complexity index is 361. The summed E-state index contributed by atoms with van der Waals surface area (Å²) in [5.74, 6) is -0.857. The predicted octanol–water partition coefficient (Wildman–Crippen LogP) is 2.44. The van der Waals surface area contributed by atoms with Crippen molar-refractivity contribution in [3.05, 3.63) is 0 Å². The van der Waals surface area contributed by atoms with Crippen LogP contribution in [-0.2, 0) is 9.59 Å². The molecule has 0 heterocycles. The van der Waals surface area contributed by atoms with Gasteiger partial charge in [-0.25, -0.2) is 0 Å². The van der Waals surface area contributed by atoms with Gasteiger partial charge in [0.2, 0.25) is 5.91 Å². The van der Waals surface area contributed by atoms with Gasteiger partial charge in [-0.1, -0.05) is 33.1 Å². The van der Waals surface area contributed by atoms with E-state index < -0.39 is 11.5 Å². The van der Waals surface area contributed by atoms with Gasteiger partial charge < -0.3 is 16.2 Å². The quantitative estimate of drug-likeness (QED) is 0.641. The van der Waals surface area contributed by atoms with E-state index >= 15 is 0 Å². The summed E-state index contributed by atoms with van der Waals surface area (Å²) < 4.78 is 0. The minimum Gasteiger partial charge on any atom is -0.481 e. The minimum atomic E-state index is -0.833. The maximum absolute atomic E-state index is 12.2. The number of rotatable bonds is 8. The van der Waals surface area contributed by atoms with Crippen molar-refractivity contribution in [3.63, 3.8) is 0 Å². The van der Waals surface area contributed by atoms with Gasteiger partial charge >= 0.3 is 5.97 Å². The first-order valence-corrected chi connectivity index (χ1v) is 8.01. The van der Waals surface area contributed by atoms with Crippen molar-refractivity contribution in [2.24, 2.45) is 11.1 Å². The number of amides is 1. The molecule has 1 rings (SSSR count). The molecule has 0 atom stereocenters. The van der Waals surface area contributed by atoms with Crippen LogP contribution in [0.4, 0.5) is 0 Å². The largest absolute Gasteiger partial charge is 0.481 e. The third-order valence-electron chi connectivity index (χ3n) is 4.55. The summed E-state index contributed by atoms with van der Waals surface area (Å²) in [6, 6.07) is 0. The number of carboxylic acids is 1. The fraction of sp³-hybridized carbons (Fsp3) is 0.875. The molecule has 5 nitrogen and oxygen atoms in total.